The highest BCUT2D eigenvalue weighted by atomic mass is 19.1. The third-order valence-electron chi connectivity index (χ3n) is 6.04. The number of amides is 1. The number of rotatable bonds is 8. The van der Waals surface area contributed by atoms with Gasteiger partial charge < -0.3 is 14.5 Å². The number of hydrogen-bond donors (Lipinski definition) is 0. The van der Waals surface area contributed by atoms with E-state index < -0.39 is 0 Å². The van der Waals surface area contributed by atoms with E-state index in [2.05, 4.69) is 43.6 Å². The van der Waals surface area contributed by atoms with Gasteiger partial charge in [0.1, 0.15) is 11.6 Å². The van der Waals surface area contributed by atoms with E-state index >= 15 is 0 Å². The first kappa shape index (κ1) is 23.1. The maximum atomic E-state index is 13.2. The molecule has 0 saturated carbocycles. The fourth-order valence-corrected chi connectivity index (χ4v) is 4.18. The van der Waals surface area contributed by atoms with Gasteiger partial charge in [0.25, 0.3) is 5.91 Å². The molecule has 0 spiro atoms. The minimum absolute atomic E-state index is 0.00836. The lowest BCUT2D eigenvalue weighted by Gasteiger charge is -2.44. The quantitative estimate of drug-likeness (QED) is 0.634. The Kier molecular flexibility index (Phi) is 7.91. The molecule has 2 aromatic carbocycles. The molecule has 1 amide bonds. The summed E-state index contributed by atoms with van der Waals surface area (Å²) in [5.74, 6) is 0.505. The predicted molar refractivity (Wildman–Crippen MR) is 123 cm³/mol. The van der Waals surface area contributed by atoms with Gasteiger partial charge in [-0.2, -0.15) is 0 Å². The van der Waals surface area contributed by atoms with Crippen molar-refractivity contribution >= 4 is 11.6 Å². The molecule has 31 heavy (non-hydrogen) atoms. The molecule has 1 aliphatic heterocycles. The standard InChI is InChI=1S/C25H34FN3O2/c1-5-27(6-2)23-8-7-9-24(14-23)31-18-25(30)29-16-19(3)28(15-20(29)4)17-21-10-12-22(26)13-11-21/h7-14,19-20H,5-6,15-18H2,1-4H3. The number of hydrogen-bond acceptors (Lipinski definition) is 4. The molecule has 5 nitrogen and oxygen atoms in total. The highest BCUT2D eigenvalue weighted by molar-refractivity contribution is 5.78. The first-order valence-electron chi connectivity index (χ1n) is 11.2. The molecule has 0 aliphatic carbocycles. The van der Waals surface area contributed by atoms with Gasteiger partial charge in [-0.05, 0) is 57.5 Å². The van der Waals surface area contributed by atoms with E-state index in [0.29, 0.717) is 12.3 Å². The fourth-order valence-electron chi connectivity index (χ4n) is 4.18. The van der Waals surface area contributed by atoms with Crippen molar-refractivity contribution in [2.75, 3.05) is 37.7 Å². The summed E-state index contributed by atoms with van der Waals surface area (Å²) in [4.78, 5) is 19.4. The van der Waals surface area contributed by atoms with Gasteiger partial charge in [-0.25, -0.2) is 4.39 Å². The van der Waals surface area contributed by atoms with Crippen molar-refractivity contribution in [3.63, 3.8) is 0 Å². The van der Waals surface area contributed by atoms with Crippen LogP contribution in [0.4, 0.5) is 10.1 Å². The predicted octanol–water partition coefficient (Wildman–Crippen LogP) is 4.17. The molecule has 1 aliphatic rings. The van der Waals surface area contributed by atoms with Crippen molar-refractivity contribution in [3.8, 4) is 5.75 Å². The lowest BCUT2D eigenvalue weighted by Crippen LogP contribution is -2.58. The van der Waals surface area contributed by atoms with Crippen molar-refractivity contribution in [1.29, 1.82) is 0 Å². The Bertz CT molecular complexity index is 854. The summed E-state index contributed by atoms with van der Waals surface area (Å²) in [6.45, 7) is 12.5. The average Bonchev–Trinajstić information content (AvgIpc) is 2.77. The average molecular weight is 428 g/mol. The Morgan fingerprint density at radius 3 is 2.45 bits per heavy atom. The second kappa shape index (κ2) is 10.6. The van der Waals surface area contributed by atoms with Crippen LogP contribution in [0.25, 0.3) is 0 Å². The summed E-state index contributed by atoms with van der Waals surface area (Å²) in [6.07, 6.45) is 0. The zero-order valence-electron chi connectivity index (χ0n) is 19.1. The van der Waals surface area contributed by atoms with Crippen LogP contribution in [0, 0.1) is 5.82 Å². The molecular weight excluding hydrogens is 393 g/mol. The van der Waals surface area contributed by atoms with Crippen LogP contribution in [0.3, 0.4) is 0 Å². The highest BCUT2D eigenvalue weighted by Gasteiger charge is 2.32. The summed E-state index contributed by atoms with van der Waals surface area (Å²) in [7, 11) is 0. The number of piperazine rings is 1. The summed E-state index contributed by atoms with van der Waals surface area (Å²) >= 11 is 0. The molecule has 1 heterocycles. The Balaban J connectivity index is 1.55. The maximum absolute atomic E-state index is 13.2. The summed E-state index contributed by atoms with van der Waals surface area (Å²) < 4.78 is 19.0. The van der Waals surface area contributed by atoms with E-state index in [1.54, 1.807) is 0 Å². The number of nitrogens with zero attached hydrogens (tertiary/aromatic N) is 3. The second-order valence-electron chi connectivity index (χ2n) is 8.26. The van der Waals surface area contributed by atoms with E-state index in [-0.39, 0.29) is 30.4 Å². The third-order valence-corrected chi connectivity index (χ3v) is 6.04. The monoisotopic (exact) mass is 427 g/mol. The normalized spacial score (nSPS) is 19.3. The number of carbonyl (C=O) groups is 1. The van der Waals surface area contributed by atoms with Crippen molar-refractivity contribution in [3.05, 3.63) is 59.9 Å². The van der Waals surface area contributed by atoms with Crippen LogP contribution in [0.5, 0.6) is 5.75 Å². The molecular formula is C25H34FN3O2. The molecule has 1 saturated heterocycles. The van der Waals surface area contributed by atoms with Crippen LogP contribution >= 0.6 is 0 Å². The number of ether oxygens (including phenoxy) is 1. The molecule has 2 aromatic rings. The van der Waals surface area contributed by atoms with E-state index in [1.807, 2.05) is 35.2 Å². The Labute approximate surface area is 185 Å². The van der Waals surface area contributed by atoms with Gasteiger partial charge in [0.05, 0.1) is 0 Å². The zero-order chi connectivity index (χ0) is 22.4. The lowest BCUT2D eigenvalue weighted by molar-refractivity contribution is -0.139. The molecule has 1 fully saturated rings. The Hall–Kier alpha value is -2.60. The van der Waals surface area contributed by atoms with Crippen molar-refractivity contribution in [1.82, 2.24) is 9.80 Å². The second-order valence-corrected chi connectivity index (χ2v) is 8.26. The van der Waals surface area contributed by atoms with Gasteiger partial charge in [-0.15, -0.1) is 0 Å². The minimum atomic E-state index is -0.219. The first-order chi connectivity index (χ1) is 14.9. The topological polar surface area (TPSA) is 36.0 Å². The molecule has 3 rings (SSSR count). The summed E-state index contributed by atoms with van der Waals surface area (Å²) in [6, 6.07) is 14.9. The van der Waals surface area contributed by atoms with Crippen LogP contribution < -0.4 is 9.64 Å². The Morgan fingerprint density at radius 1 is 1.06 bits per heavy atom. The van der Waals surface area contributed by atoms with Crippen molar-refractivity contribution < 1.29 is 13.9 Å². The molecule has 2 atom stereocenters. The smallest absolute Gasteiger partial charge is 0.260 e. The van der Waals surface area contributed by atoms with E-state index in [1.165, 1.54) is 12.1 Å². The van der Waals surface area contributed by atoms with Gasteiger partial charge >= 0.3 is 0 Å². The van der Waals surface area contributed by atoms with E-state index in [9.17, 15) is 9.18 Å². The SMILES string of the molecule is CCN(CC)c1cccc(OCC(=O)N2CC(C)N(Cc3ccc(F)cc3)CC2C)c1. The number of anilines is 1. The number of carbonyl (C=O) groups excluding carboxylic acids is 1. The number of benzene rings is 2. The molecule has 0 bridgehead atoms. The van der Waals surface area contributed by atoms with Gasteiger partial charge in [0.2, 0.25) is 0 Å². The largest absolute Gasteiger partial charge is 0.484 e. The molecule has 0 N–H and O–H groups in total. The highest BCUT2D eigenvalue weighted by Crippen LogP contribution is 2.22. The van der Waals surface area contributed by atoms with E-state index in [4.69, 9.17) is 4.74 Å². The van der Waals surface area contributed by atoms with Gasteiger partial charge in [-0.1, -0.05) is 18.2 Å². The van der Waals surface area contributed by atoms with Crippen LogP contribution in [-0.4, -0.2) is 60.6 Å². The number of halogens is 1. The van der Waals surface area contributed by atoms with Crippen LogP contribution in [0.1, 0.15) is 33.3 Å². The van der Waals surface area contributed by atoms with Crippen LogP contribution in [0.2, 0.25) is 0 Å². The Morgan fingerprint density at radius 2 is 1.77 bits per heavy atom. The van der Waals surface area contributed by atoms with Crippen LogP contribution in [-0.2, 0) is 11.3 Å². The van der Waals surface area contributed by atoms with Gasteiger partial charge in [0, 0.05) is 56.6 Å². The molecule has 0 aromatic heterocycles. The zero-order valence-corrected chi connectivity index (χ0v) is 19.1. The van der Waals surface area contributed by atoms with Crippen LogP contribution in [0.15, 0.2) is 48.5 Å². The van der Waals surface area contributed by atoms with Gasteiger partial charge in [-0.3, -0.25) is 9.69 Å². The molecule has 2 unspecified atom stereocenters. The fraction of sp³-hybridized carbons (Fsp3) is 0.480. The summed E-state index contributed by atoms with van der Waals surface area (Å²) in [5, 5.41) is 0. The maximum Gasteiger partial charge on any atom is 0.260 e. The van der Waals surface area contributed by atoms with Gasteiger partial charge in [0.15, 0.2) is 6.61 Å². The van der Waals surface area contributed by atoms with Crippen molar-refractivity contribution in [2.24, 2.45) is 0 Å². The first-order valence-corrected chi connectivity index (χ1v) is 11.2. The molecule has 168 valence electrons. The van der Waals surface area contributed by atoms with Crippen molar-refractivity contribution in [2.45, 2.75) is 46.3 Å². The third kappa shape index (κ3) is 5.97. The van der Waals surface area contributed by atoms with E-state index in [0.717, 1.165) is 37.4 Å². The summed E-state index contributed by atoms with van der Waals surface area (Å²) in [5.41, 5.74) is 2.18. The lowest BCUT2D eigenvalue weighted by atomic mass is 10.1. The molecule has 6 heteroatoms. The molecule has 0 radical (unpaired) electrons. The minimum Gasteiger partial charge on any atom is -0.484 e.